The van der Waals surface area contributed by atoms with Crippen LogP contribution in [0.4, 0.5) is 5.69 Å². The van der Waals surface area contributed by atoms with E-state index in [9.17, 15) is 9.59 Å². The second-order valence-corrected chi connectivity index (χ2v) is 3.32. The molecular formula is C9H15N5O2. The lowest BCUT2D eigenvalue weighted by molar-refractivity contribution is -0.121. The second kappa shape index (κ2) is 5.26. The number of carbonyl (C=O) groups is 1. The zero-order chi connectivity index (χ0) is 12.1. The Kier molecular flexibility index (Phi) is 4.01. The molecule has 7 nitrogen and oxygen atoms in total. The number of rotatable bonds is 5. The third kappa shape index (κ3) is 2.80. The van der Waals surface area contributed by atoms with Crippen LogP contribution in [0, 0.1) is 0 Å². The SMILES string of the molecule is CC(C(N)=O)n1ncc(NCCN)cc1=O. The van der Waals surface area contributed by atoms with E-state index in [1.807, 2.05) is 0 Å². The smallest absolute Gasteiger partial charge is 0.269 e. The minimum atomic E-state index is -0.754. The summed E-state index contributed by atoms with van der Waals surface area (Å²) in [6.45, 7) is 2.53. The highest BCUT2D eigenvalue weighted by atomic mass is 16.2. The first kappa shape index (κ1) is 12.2. The number of nitrogens with two attached hydrogens (primary N) is 2. The maximum atomic E-state index is 11.6. The maximum Gasteiger partial charge on any atom is 0.269 e. The minimum absolute atomic E-state index is 0.381. The Morgan fingerprint density at radius 1 is 1.69 bits per heavy atom. The fourth-order valence-corrected chi connectivity index (χ4v) is 1.14. The molecule has 0 saturated heterocycles. The normalized spacial score (nSPS) is 12.1. The predicted octanol–water partition coefficient (Wildman–Crippen LogP) is -1.34. The number of hydrogen-bond donors (Lipinski definition) is 3. The van der Waals surface area contributed by atoms with Gasteiger partial charge in [-0.3, -0.25) is 9.59 Å². The third-order valence-corrected chi connectivity index (χ3v) is 2.08. The van der Waals surface area contributed by atoms with Gasteiger partial charge in [-0.2, -0.15) is 5.10 Å². The molecule has 1 aromatic heterocycles. The molecule has 0 fully saturated rings. The van der Waals surface area contributed by atoms with Gasteiger partial charge in [0.2, 0.25) is 5.91 Å². The van der Waals surface area contributed by atoms with Crippen LogP contribution in [0.5, 0.6) is 0 Å². The van der Waals surface area contributed by atoms with Gasteiger partial charge in [-0.15, -0.1) is 0 Å². The number of nitrogens with one attached hydrogen (secondary N) is 1. The molecule has 1 aromatic rings. The summed E-state index contributed by atoms with van der Waals surface area (Å²) in [6.07, 6.45) is 1.45. The van der Waals surface area contributed by atoms with Crippen molar-refractivity contribution in [1.29, 1.82) is 0 Å². The van der Waals surface area contributed by atoms with Crippen LogP contribution in [-0.2, 0) is 4.79 Å². The van der Waals surface area contributed by atoms with Gasteiger partial charge in [0.1, 0.15) is 6.04 Å². The number of primary amides is 1. The van der Waals surface area contributed by atoms with Gasteiger partial charge in [-0.1, -0.05) is 0 Å². The molecule has 1 amide bonds. The van der Waals surface area contributed by atoms with E-state index in [4.69, 9.17) is 11.5 Å². The molecule has 0 bridgehead atoms. The minimum Gasteiger partial charge on any atom is -0.382 e. The summed E-state index contributed by atoms with van der Waals surface area (Å²) in [5, 5.41) is 6.77. The van der Waals surface area contributed by atoms with Crippen molar-refractivity contribution in [2.75, 3.05) is 18.4 Å². The predicted molar refractivity (Wildman–Crippen MR) is 59.9 cm³/mol. The molecule has 1 unspecified atom stereocenters. The number of anilines is 1. The largest absolute Gasteiger partial charge is 0.382 e. The number of amides is 1. The van der Waals surface area contributed by atoms with Crippen LogP contribution in [0.15, 0.2) is 17.1 Å². The monoisotopic (exact) mass is 225 g/mol. The number of nitrogens with zero attached hydrogens (tertiary/aromatic N) is 2. The molecule has 0 aliphatic carbocycles. The van der Waals surface area contributed by atoms with E-state index >= 15 is 0 Å². The topological polar surface area (TPSA) is 116 Å². The first-order chi connectivity index (χ1) is 7.56. The van der Waals surface area contributed by atoms with E-state index in [0.29, 0.717) is 18.8 Å². The summed E-state index contributed by atoms with van der Waals surface area (Å²) in [7, 11) is 0. The summed E-state index contributed by atoms with van der Waals surface area (Å²) in [6, 6.07) is 0.596. The van der Waals surface area contributed by atoms with Gasteiger partial charge in [0.25, 0.3) is 5.56 Å². The summed E-state index contributed by atoms with van der Waals surface area (Å²) in [4.78, 5) is 22.5. The van der Waals surface area contributed by atoms with Gasteiger partial charge >= 0.3 is 0 Å². The lowest BCUT2D eigenvalue weighted by Gasteiger charge is -2.10. The Balaban J connectivity index is 2.91. The number of hydrogen-bond acceptors (Lipinski definition) is 5. The van der Waals surface area contributed by atoms with E-state index in [0.717, 1.165) is 4.68 Å². The van der Waals surface area contributed by atoms with Crippen molar-refractivity contribution in [3.63, 3.8) is 0 Å². The van der Waals surface area contributed by atoms with E-state index in [1.165, 1.54) is 19.2 Å². The molecule has 16 heavy (non-hydrogen) atoms. The third-order valence-electron chi connectivity index (χ3n) is 2.08. The van der Waals surface area contributed by atoms with E-state index in [2.05, 4.69) is 10.4 Å². The molecule has 88 valence electrons. The molecule has 0 aliphatic heterocycles. The lowest BCUT2D eigenvalue weighted by atomic mass is 10.3. The van der Waals surface area contributed by atoms with E-state index < -0.39 is 11.9 Å². The maximum absolute atomic E-state index is 11.6. The lowest BCUT2D eigenvalue weighted by Crippen LogP contribution is -2.33. The fraction of sp³-hybridized carbons (Fsp3) is 0.444. The van der Waals surface area contributed by atoms with Crippen molar-refractivity contribution in [3.05, 3.63) is 22.6 Å². The molecule has 1 rings (SSSR count). The molecule has 7 heteroatoms. The Labute approximate surface area is 92.4 Å². The number of aromatic nitrogens is 2. The van der Waals surface area contributed by atoms with Gasteiger partial charge in [0.05, 0.1) is 11.9 Å². The van der Waals surface area contributed by atoms with Crippen LogP contribution in [-0.4, -0.2) is 28.8 Å². The molecule has 0 saturated carbocycles. The second-order valence-electron chi connectivity index (χ2n) is 3.32. The fourth-order valence-electron chi connectivity index (χ4n) is 1.14. The Morgan fingerprint density at radius 2 is 2.38 bits per heavy atom. The standard InChI is InChI=1S/C9H15N5O2/c1-6(9(11)16)14-8(15)4-7(5-13-14)12-3-2-10/h4-6,12H,2-3,10H2,1H3,(H2,11,16). The van der Waals surface area contributed by atoms with Gasteiger partial charge in [0, 0.05) is 19.2 Å². The van der Waals surface area contributed by atoms with Crippen LogP contribution in [0.1, 0.15) is 13.0 Å². The first-order valence-corrected chi connectivity index (χ1v) is 4.88. The zero-order valence-corrected chi connectivity index (χ0v) is 9.01. The van der Waals surface area contributed by atoms with Gasteiger partial charge < -0.3 is 16.8 Å². The van der Waals surface area contributed by atoms with Crippen molar-refractivity contribution < 1.29 is 4.79 Å². The van der Waals surface area contributed by atoms with Crippen molar-refractivity contribution in [3.8, 4) is 0 Å². The number of carbonyl (C=O) groups excluding carboxylic acids is 1. The van der Waals surface area contributed by atoms with Crippen LogP contribution < -0.4 is 22.3 Å². The summed E-state index contributed by atoms with van der Waals surface area (Å²) in [5.41, 5.74) is 10.6. The average Bonchev–Trinajstić information content (AvgIpc) is 2.25. The molecule has 1 atom stereocenters. The van der Waals surface area contributed by atoms with Crippen LogP contribution in [0.3, 0.4) is 0 Å². The molecule has 0 spiro atoms. The Bertz CT molecular complexity index is 428. The summed E-state index contributed by atoms with van der Waals surface area (Å²) < 4.78 is 1.04. The quantitative estimate of drug-likeness (QED) is 0.573. The highest BCUT2D eigenvalue weighted by Gasteiger charge is 2.13. The molecular weight excluding hydrogens is 210 g/mol. The summed E-state index contributed by atoms with van der Waals surface area (Å²) in [5.74, 6) is -0.600. The van der Waals surface area contributed by atoms with Crippen molar-refractivity contribution >= 4 is 11.6 Å². The highest BCUT2D eigenvalue weighted by Crippen LogP contribution is 2.02. The molecule has 0 aliphatic rings. The zero-order valence-electron chi connectivity index (χ0n) is 9.01. The van der Waals surface area contributed by atoms with Gasteiger partial charge in [-0.25, -0.2) is 4.68 Å². The van der Waals surface area contributed by atoms with E-state index in [-0.39, 0.29) is 5.56 Å². The molecule has 1 heterocycles. The summed E-state index contributed by atoms with van der Waals surface area (Å²) >= 11 is 0. The van der Waals surface area contributed by atoms with Gasteiger partial charge in [-0.05, 0) is 6.92 Å². The van der Waals surface area contributed by atoms with Crippen LogP contribution in [0.25, 0.3) is 0 Å². The average molecular weight is 225 g/mol. The van der Waals surface area contributed by atoms with E-state index in [1.54, 1.807) is 0 Å². The first-order valence-electron chi connectivity index (χ1n) is 4.88. The van der Waals surface area contributed by atoms with Crippen molar-refractivity contribution in [1.82, 2.24) is 9.78 Å². The van der Waals surface area contributed by atoms with Crippen molar-refractivity contribution in [2.45, 2.75) is 13.0 Å². The Morgan fingerprint density at radius 3 is 2.88 bits per heavy atom. The molecule has 0 radical (unpaired) electrons. The Hall–Kier alpha value is -1.89. The highest BCUT2D eigenvalue weighted by molar-refractivity contribution is 5.77. The molecule has 5 N–H and O–H groups in total. The van der Waals surface area contributed by atoms with Gasteiger partial charge in [0.15, 0.2) is 0 Å². The van der Waals surface area contributed by atoms with Crippen LogP contribution in [0.2, 0.25) is 0 Å². The molecule has 0 aromatic carbocycles. The van der Waals surface area contributed by atoms with Crippen molar-refractivity contribution in [2.24, 2.45) is 11.5 Å². The van der Waals surface area contributed by atoms with Crippen LogP contribution >= 0.6 is 0 Å².